The molecule has 22 heavy (non-hydrogen) atoms. The molecule has 0 atom stereocenters. The molecule has 0 amide bonds. The number of rotatable bonds is 3. The van der Waals surface area contributed by atoms with Gasteiger partial charge in [0.25, 0.3) is 5.56 Å². The topological polar surface area (TPSA) is 94.3 Å². The van der Waals surface area contributed by atoms with Crippen LogP contribution in [0.4, 0.5) is 0 Å². The summed E-state index contributed by atoms with van der Waals surface area (Å²) in [5, 5.41) is 0.460. The summed E-state index contributed by atoms with van der Waals surface area (Å²) in [6, 6.07) is 4.70. The van der Waals surface area contributed by atoms with Crippen LogP contribution in [0.25, 0.3) is 10.2 Å². The van der Waals surface area contributed by atoms with Gasteiger partial charge in [-0.15, -0.1) is 11.3 Å². The number of methoxy groups -OCH3 is 1. The van der Waals surface area contributed by atoms with Gasteiger partial charge in [0.05, 0.1) is 19.0 Å². The third kappa shape index (κ3) is 2.37. The maximum Gasteiger partial charge on any atom is 0.373 e. The Morgan fingerprint density at radius 1 is 1.41 bits per heavy atom. The molecule has 0 unspecified atom stereocenters. The minimum absolute atomic E-state index is 0.0226. The number of aryl methyl sites for hydroxylation is 1. The maximum absolute atomic E-state index is 12.4. The first-order valence-electron chi connectivity index (χ1n) is 6.40. The van der Waals surface area contributed by atoms with E-state index in [1.807, 2.05) is 6.92 Å². The van der Waals surface area contributed by atoms with E-state index in [0.717, 1.165) is 9.44 Å². The Kier molecular flexibility index (Phi) is 3.45. The second-order valence-electron chi connectivity index (χ2n) is 4.68. The summed E-state index contributed by atoms with van der Waals surface area (Å²) in [5.41, 5.74) is -0.908. The van der Waals surface area contributed by atoms with Gasteiger partial charge in [0, 0.05) is 4.88 Å². The lowest BCUT2D eigenvalue weighted by atomic mass is 10.3. The van der Waals surface area contributed by atoms with Crippen LogP contribution >= 0.6 is 11.3 Å². The minimum atomic E-state index is -0.614. The summed E-state index contributed by atoms with van der Waals surface area (Å²) in [5.74, 6) is -0.273. The van der Waals surface area contributed by atoms with Gasteiger partial charge in [0.1, 0.15) is 10.6 Å². The normalized spacial score (nSPS) is 11.0. The SMILES string of the molecule is COC(=O)c1ccc(Cn2c(=O)[nH]c3sc(C)cc3c2=O)o1. The van der Waals surface area contributed by atoms with Crippen molar-refractivity contribution < 1.29 is 13.9 Å². The number of aromatic nitrogens is 2. The molecule has 7 nitrogen and oxygen atoms in total. The summed E-state index contributed by atoms with van der Waals surface area (Å²) >= 11 is 1.35. The Bertz CT molecular complexity index is 975. The van der Waals surface area contributed by atoms with Gasteiger partial charge < -0.3 is 9.15 Å². The van der Waals surface area contributed by atoms with Gasteiger partial charge in [0.15, 0.2) is 0 Å². The van der Waals surface area contributed by atoms with Gasteiger partial charge in [-0.3, -0.25) is 14.3 Å². The van der Waals surface area contributed by atoms with Crippen molar-refractivity contribution >= 4 is 27.5 Å². The molecule has 0 saturated carbocycles. The van der Waals surface area contributed by atoms with Crippen LogP contribution in [0, 0.1) is 6.92 Å². The number of carbonyl (C=O) groups is 1. The van der Waals surface area contributed by atoms with Crippen molar-refractivity contribution in [3.05, 3.63) is 55.4 Å². The highest BCUT2D eigenvalue weighted by Gasteiger charge is 2.14. The highest BCUT2D eigenvalue weighted by atomic mass is 32.1. The van der Waals surface area contributed by atoms with Crippen LogP contribution in [0.2, 0.25) is 0 Å². The first-order chi connectivity index (χ1) is 10.5. The molecular weight excluding hydrogens is 308 g/mol. The van der Waals surface area contributed by atoms with Crippen LogP contribution in [0.5, 0.6) is 0 Å². The van der Waals surface area contributed by atoms with Crippen molar-refractivity contribution in [3.63, 3.8) is 0 Å². The van der Waals surface area contributed by atoms with Crippen molar-refractivity contribution in [1.29, 1.82) is 0 Å². The first-order valence-corrected chi connectivity index (χ1v) is 7.21. The lowest BCUT2D eigenvalue weighted by Crippen LogP contribution is -2.34. The zero-order valence-corrected chi connectivity index (χ0v) is 12.7. The first kappa shape index (κ1) is 14.3. The average molecular weight is 320 g/mol. The number of H-pyrrole nitrogens is 1. The van der Waals surface area contributed by atoms with Crippen molar-refractivity contribution in [2.24, 2.45) is 0 Å². The molecule has 0 aromatic carbocycles. The molecule has 0 radical (unpaired) electrons. The van der Waals surface area contributed by atoms with Gasteiger partial charge in [-0.25, -0.2) is 9.59 Å². The number of nitrogens with zero attached hydrogens (tertiary/aromatic N) is 1. The van der Waals surface area contributed by atoms with E-state index < -0.39 is 11.7 Å². The van der Waals surface area contributed by atoms with E-state index in [2.05, 4.69) is 9.72 Å². The lowest BCUT2D eigenvalue weighted by molar-refractivity contribution is 0.0563. The fourth-order valence-electron chi connectivity index (χ4n) is 2.14. The molecule has 3 heterocycles. The van der Waals surface area contributed by atoms with Gasteiger partial charge in [0.2, 0.25) is 5.76 Å². The number of nitrogens with one attached hydrogen (secondary N) is 1. The maximum atomic E-state index is 12.4. The fraction of sp³-hybridized carbons (Fsp3) is 0.214. The molecule has 1 N–H and O–H groups in total. The quantitative estimate of drug-likeness (QED) is 0.738. The Labute approximate surface area is 127 Å². The molecule has 3 aromatic heterocycles. The summed E-state index contributed by atoms with van der Waals surface area (Å²) in [7, 11) is 1.24. The summed E-state index contributed by atoms with van der Waals surface area (Å²) in [4.78, 5) is 39.9. The molecule has 0 aliphatic heterocycles. The Morgan fingerprint density at radius 2 is 2.18 bits per heavy atom. The van der Waals surface area contributed by atoms with Crippen LogP contribution in [0.1, 0.15) is 21.2 Å². The molecule has 0 saturated heterocycles. The predicted octanol–water partition coefficient (Wildman–Crippen LogP) is 1.49. The monoisotopic (exact) mass is 320 g/mol. The second-order valence-corrected chi connectivity index (χ2v) is 5.94. The van der Waals surface area contributed by atoms with Crippen LogP contribution in [0.15, 0.2) is 32.2 Å². The zero-order chi connectivity index (χ0) is 15.9. The van der Waals surface area contributed by atoms with Crippen molar-refractivity contribution in [1.82, 2.24) is 9.55 Å². The van der Waals surface area contributed by atoms with Gasteiger partial charge in [-0.05, 0) is 25.1 Å². The molecule has 0 spiro atoms. The third-order valence-corrected chi connectivity index (χ3v) is 4.12. The number of fused-ring (bicyclic) bond motifs is 1. The highest BCUT2D eigenvalue weighted by Crippen LogP contribution is 2.18. The van der Waals surface area contributed by atoms with E-state index in [1.54, 1.807) is 6.07 Å². The summed E-state index contributed by atoms with van der Waals surface area (Å²) in [6.45, 7) is 1.80. The van der Waals surface area contributed by atoms with E-state index in [-0.39, 0.29) is 17.9 Å². The number of esters is 1. The van der Waals surface area contributed by atoms with E-state index in [9.17, 15) is 14.4 Å². The summed E-state index contributed by atoms with van der Waals surface area (Å²) in [6.07, 6.45) is 0. The Morgan fingerprint density at radius 3 is 2.91 bits per heavy atom. The van der Waals surface area contributed by atoms with E-state index in [1.165, 1.54) is 30.6 Å². The Hall–Kier alpha value is -2.61. The number of hydrogen-bond acceptors (Lipinski definition) is 6. The molecule has 0 aliphatic carbocycles. The largest absolute Gasteiger partial charge is 0.463 e. The highest BCUT2D eigenvalue weighted by molar-refractivity contribution is 7.18. The second kappa shape index (κ2) is 5.30. The Balaban J connectivity index is 2.04. The average Bonchev–Trinajstić information content (AvgIpc) is 3.09. The van der Waals surface area contributed by atoms with Crippen molar-refractivity contribution in [2.75, 3.05) is 7.11 Å². The van der Waals surface area contributed by atoms with Gasteiger partial charge in [-0.2, -0.15) is 0 Å². The van der Waals surface area contributed by atoms with E-state index in [0.29, 0.717) is 16.0 Å². The van der Waals surface area contributed by atoms with Gasteiger partial charge >= 0.3 is 11.7 Å². The van der Waals surface area contributed by atoms with E-state index >= 15 is 0 Å². The van der Waals surface area contributed by atoms with Crippen molar-refractivity contribution in [3.8, 4) is 0 Å². The van der Waals surface area contributed by atoms with Crippen LogP contribution in [0.3, 0.4) is 0 Å². The number of carbonyl (C=O) groups excluding carboxylic acids is 1. The summed E-state index contributed by atoms with van der Waals surface area (Å²) < 4.78 is 10.9. The smallest absolute Gasteiger partial charge is 0.373 e. The standard InChI is InChI=1S/C14H12N2O5S/c1-7-5-9-11(22-7)15-14(19)16(12(9)17)6-8-3-4-10(21-8)13(18)20-2/h3-5H,6H2,1-2H3,(H,15,19). The third-order valence-electron chi connectivity index (χ3n) is 3.16. The lowest BCUT2D eigenvalue weighted by Gasteiger charge is -2.02. The number of ether oxygens (including phenoxy) is 1. The molecule has 3 rings (SSSR count). The van der Waals surface area contributed by atoms with Crippen LogP contribution in [-0.4, -0.2) is 22.6 Å². The van der Waals surface area contributed by atoms with Crippen LogP contribution in [-0.2, 0) is 11.3 Å². The number of hydrogen-bond donors (Lipinski definition) is 1. The number of aromatic amines is 1. The van der Waals surface area contributed by atoms with Gasteiger partial charge in [-0.1, -0.05) is 0 Å². The molecule has 8 heteroatoms. The molecule has 0 aliphatic rings. The predicted molar refractivity (Wildman–Crippen MR) is 80.6 cm³/mol. The fourth-order valence-corrected chi connectivity index (χ4v) is 3.03. The molecule has 3 aromatic rings. The molecule has 0 bridgehead atoms. The van der Waals surface area contributed by atoms with Crippen LogP contribution < -0.4 is 11.2 Å². The number of thiophene rings is 1. The molecular formula is C14H12N2O5S. The zero-order valence-electron chi connectivity index (χ0n) is 11.8. The minimum Gasteiger partial charge on any atom is -0.463 e. The molecule has 114 valence electrons. The molecule has 0 fully saturated rings. The van der Waals surface area contributed by atoms with Crippen molar-refractivity contribution in [2.45, 2.75) is 13.5 Å². The van der Waals surface area contributed by atoms with E-state index in [4.69, 9.17) is 4.42 Å². The number of furan rings is 1.